The monoisotopic (exact) mass is 196 g/mol. The van der Waals surface area contributed by atoms with E-state index in [2.05, 4.69) is 16.5 Å². The van der Waals surface area contributed by atoms with Crippen molar-refractivity contribution in [2.24, 2.45) is 0 Å². The summed E-state index contributed by atoms with van der Waals surface area (Å²) in [6.45, 7) is 2.09. The second-order valence-electron chi connectivity index (χ2n) is 3.64. The molecule has 0 atom stereocenters. The third-order valence-corrected chi connectivity index (χ3v) is 2.93. The highest BCUT2D eigenvalue weighted by Gasteiger charge is 2.21. The Morgan fingerprint density at radius 2 is 2.08 bits per heavy atom. The Balaban J connectivity index is 0.000000653. The van der Waals surface area contributed by atoms with Crippen LogP contribution in [0.1, 0.15) is 28.8 Å². The van der Waals surface area contributed by atoms with Gasteiger partial charge in [-0.15, -0.1) is 12.4 Å². The number of aromatic nitrogens is 1. The highest BCUT2D eigenvalue weighted by atomic mass is 35.5. The summed E-state index contributed by atoms with van der Waals surface area (Å²) in [6, 6.07) is 0. The van der Waals surface area contributed by atoms with Crippen molar-refractivity contribution < 1.29 is 0 Å². The van der Waals surface area contributed by atoms with Crippen LogP contribution in [0.4, 0.5) is 0 Å². The van der Waals surface area contributed by atoms with Crippen molar-refractivity contribution in [1.82, 2.24) is 10.3 Å². The van der Waals surface area contributed by atoms with Gasteiger partial charge in [-0.3, -0.25) is 4.98 Å². The number of rotatable bonds is 0. The van der Waals surface area contributed by atoms with Crippen LogP contribution in [-0.4, -0.2) is 4.98 Å². The first-order valence-corrected chi connectivity index (χ1v) is 4.64. The molecular formula is C10H13ClN2. The third-order valence-electron chi connectivity index (χ3n) is 2.93. The molecule has 3 heteroatoms. The maximum Gasteiger partial charge on any atom is 0.0439 e. The zero-order valence-electron chi connectivity index (χ0n) is 7.47. The molecule has 2 aliphatic rings. The van der Waals surface area contributed by atoms with Crippen molar-refractivity contribution in [3.8, 4) is 0 Å². The Hall–Kier alpha value is -0.600. The van der Waals surface area contributed by atoms with Crippen LogP contribution in [0.5, 0.6) is 0 Å². The van der Waals surface area contributed by atoms with Gasteiger partial charge in [0.1, 0.15) is 0 Å². The molecule has 0 spiro atoms. The van der Waals surface area contributed by atoms with Gasteiger partial charge in [0.25, 0.3) is 0 Å². The number of fused-ring (bicyclic) bond motifs is 3. The number of nitrogens with one attached hydrogen (secondary N) is 1. The lowest BCUT2D eigenvalue weighted by atomic mass is 10.1. The highest BCUT2D eigenvalue weighted by molar-refractivity contribution is 5.85. The van der Waals surface area contributed by atoms with Gasteiger partial charge in [-0.1, -0.05) is 0 Å². The Kier molecular flexibility index (Phi) is 2.26. The van der Waals surface area contributed by atoms with Crippen LogP contribution in [-0.2, 0) is 25.9 Å². The topological polar surface area (TPSA) is 24.9 Å². The van der Waals surface area contributed by atoms with Gasteiger partial charge in [0, 0.05) is 25.0 Å². The van der Waals surface area contributed by atoms with E-state index in [9.17, 15) is 0 Å². The Bertz CT molecular complexity index is 303. The Morgan fingerprint density at radius 3 is 3.00 bits per heavy atom. The molecule has 2 nitrogen and oxygen atoms in total. The van der Waals surface area contributed by atoms with Crippen LogP contribution in [0.2, 0.25) is 0 Å². The van der Waals surface area contributed by atoms with Crippen LogP contribution in [0, 0.1) is 0 Å². The number of halogens is 1. The number of hydrogen-bond acceptors (Lipinski definition) is 2. The molecule has 0 bridgehead atoms. The first kappa shape index (κ1) is 8.97. The summed E-state index contributed by atoms with van der Waals surface area (Å²) >= 11 is 0. The Morgan fingerprint density at radius 1 is 1.15 bits per heavy atom. The fraction of sp³-hybridized carbons (Fsp3) is 0.500. The van der Waals surface area contributed by atoms with E-state index in [1.54, 1.807) is 11.1 Å². The number of pyridine rings is 1. The largest absolute Gasteiger partial charge is 0.309 e. The average molecular weight is 197 g/mol. The van der Waals surface area contributed by atoms with Crippen LogP contribution in [0.15, 0.2) is 6.20 Å². The van der Waals surface area contributed by atoms with E-state index in [0.717, 1.165) is 13.1 Å². The van der Waals surface area contributed by atoms with Crippen LogP contribution in [0.25, 0.3) is 0 Å². The van der Waals surface area contributed by atoms with E-state index in [1.165, 1.54) is 30.5 Å². The molecule has 0 saturated carbocycles. The molecule has 0 radical (unpaired) electrons. The van der Waals surface area contributed by atoms with E-state index in [4.69, 9.17) is 0 Å². The quantitative estimate of drug-likeness (QED) is 0.682. The lowest BCUT2D eigenvalue weighted by Gasteiger charge is -2.04. The third kappa shape index (κ3) is 1.25. The molecule has 0 fully saturated rings. The van der Waals surface area contributed by atoms with Crippen molar-refractivity contribution in [3.63, 3.8) is 0 Å². The summed E-state index contributed by atoms with van der Waals surface area (Å²) in [6.07, 6.45) is 5.81. The van der Waals surface area contributed by atoms with E-state index >= 15 is 0 Å². The van der Waals surface area contributed by atoms with Crippen LogP contribution < -0.4 is 5.32 Å². The van der Waals surface area contributed by atoms with E-state index < -0.39 is 0 Å². The summed E-state index contributed by atoms with van der Waals surface area (Å²) in [5.41, 5.74) is 5.89. The van der Waals surface area contributed by atoms with Gasteiger partial charge in [0.2, 0.25) is 0 Å². The van der Waals surface area contributed by atoms with Gasteiger partial charge in [0.05, 0.1) is 0 Å². The smallest absolute Gasteiger partial charge is 0.0439 e. The van der Waals surface area contributed by atoms with Crippen LogP contribution in [0.3, 0.4) is 0 Å². The zero-order chi connectivity index (χ0) is 7.97. The van der Waals surface area contributed by atoms with Gasteiger partial charge in [-0.05, 0) is 36.0 Å². The molecule has 0 unspecified atom stereocenters. The first-order chi connectivity index (χ1) is 5.95. The summed E-state index contributed by atoms with van der Waals surface area (Å²) in [5, 5.41) is 3.38. The van der Waals surface area contributed by atoms with Crippen molar-refractivity contribution in [2.75, 3.05) is 0 Å². The number of aryl methyl sites for hydroxylation is 1. The molecule has 1 aliphatic carbocycles. The zero-order valence-corrected chi connectivity index (χ0v) is 8.28. The molecule has 1 aliphatic heterocycles. The second kappa shape index (κ2) is 3.28. The van der Waals surface area contributed by atoms with Gasteiger partial charge in [-0.2, -0.15) is 0 Å². The minimum absolute atomic E-state index is 0. The molecule has 70 valence electrons. The number of hydrogen-bond donors (Lipinski definition) is 1. The van der Waals surface area contributed by atoms with Crippen molar-refractivity contribution in [1.29, 1.82) is 0 Å². The standard InChI is InChI=1S/C10H12N2.ClH/c1-2-8-9-6-11-4-7(9)5-12-10(8)3-1;/h5,11H,1-4,6H2;1H. The maximum absolute atomic E-state index is 4.49. The summed E-state index contributed by atoms with van der Waals surface area (Å²) < 4.78 is 0. The summed E-state index contributed by atoms with van der Waals surface area (Å²) in [5.74, 6) is 0. The van der Waals surface area contributed by atoms with E-state index in [0.29, 0.717) is 0 Å². The van der Waals surface area contributed by atoms with Crippen molar-refractivity contribution >= 4 is 12.4 Å². The minimum Gasteiger partial charge on any atom is -0.309 e. The first-order valence-electron chi connectivity index (χ1n) is 4.64. The SMILES string of the molecule is Cl.c1nc2c(c3c1CNC3)CCC2. The predicted molar refractivity (Wildman–Crippen MR) is 54.1 cm³/mol. The molecule has 1 aromatic rings. The average Bonchev–Trinajstić information content (AvgIpc) is 2.71. The molecule has 3 rings (SSSR count). The summed E-state index contributed by atoms with van der Waals surface area (Å²) in [4.78, 5) is 4.49. The normalized spacial score (nSPS) is 17.8. The van der Waals surface area contributed by atoms with Gasteiger partial charge in [-0.25, -0.2) is 0 Å². The molecule has 13 heavy (non-hydrogen) atoms. The van der Waals surface area contributed by atoms with E-state index in [-0.39, 0.29) is 12.4 Å². The molecule has 0 aromatic carbocycles. The lowest BCUT2D eigenvalue weighted by Crippen LogP contribution is -2.00. The fourth-order valence-corrected chi connectivity index (χ4v) is 2.32. The Labute approximate surface area is 84.2 Å². The van der Waals surface area contributed by atoms with Gasteiger partial charge in [0.15, 0.2) is 0 Å². The number of nitrogens with zero attached hydrogens (tertiary/aromatic N) is 1. The second-order valence-corrected chi connectivity index (χ2v) is 3.64. The molecule has 1 N–H and O–H groups in total. The van der Waals surface area contributed by atoms with Gasteiger partial charge < -0.3 is 5.32 Å². The lowest BCUT2D eigenvalue weighted by molar-refractivity contribution is 0.761. The van der Waals surface area contributed by atoms with Crippen molar-refractivity contribution in [3.05, 3.63) is 28.6 Å². The minimum atomic E-state index is 0. The molecule has 1 aromatic heterocycles. The van der Waals surface area contributed by atoms with Crippen LogP contribution >= 0.6 is 12.4 Å². The fourth-order valence-electron chi connectivity index (χ4n) is 2.32. The molecule has 0 amide bonds. The predicted octanol–water partition coefficient (Wildman–Crippen LogP) is 1.60. The highest BCUT2D eigenvalue weighted by Crippen LogP contribution is 2.28. The maximum atomic E-state index is 4.49. The molecule has 0 saturated heterocycles. The van der Waals surface area contributed by atoms with Crippen molar-refractivity contribution in [2.45, 2.75) is 32.4 Å². The molecular weight excluding hydrogens is 184 g/mol. The van der Waals surface area contributed by atoms with E-state index in [1.807, 2.05) is 0 Å². The van der Waals surface area contributed by atoms with Gasteiger partial charge >= 0.3 is 0 Å². The summed E-state index contributed by atoms with van der Waals surface area (Å²) in [7, 11) is 0. The molecule has 2 heterocycles.